The molecular formula is C16H24FN3. The van der Waals surface area contributed by atoms with Crippen molar-refractivity contribution in [2.45, 2.75) is 50.1 Å². The van der Waals surface area contributed by atoms with Gasteiger partial charge in [0.2, 0.25) is 0 Å². The number of hydrogen-bond acceptors (Lipinski definition) is 3. The molecule has 0 radical (unpaired) electrons. The van der Waals surface area contributed by atoms with Gasteiger partial charge in [-0.3, -0.25) is 9.88 Å². The van der Waals surface area contributed by atoms with Crippen molar-refractivity contribution in [3.63, 3.8) is 0 Å². The predicted octanol–water partition coefficient (Wildman–Crippen LogP) is 2.89. The molecule has 110 valence electrons. The maximum Gasteiger partial charge on any atom is 0.141 e. The average molecular weight is 277 g/mol. The molecule has 1 aliphatic carbocycles. The van der Waals surface area contributed by atoms with Gasteiger partial charge in [0, 0.05) is 11.7 Å². The van der Waals surface area contributed by atoms with Gasteiger partial charge in [-0.05, 0) is 57.5 Å². The van der Waals surface area contributed by atoms with E-state index in [0.29, 0.717) is 0 Å². The van der Waals surface area contributed by atoms with Crippen molar-refractivity contribution >= 4 is 0 Å². The standard InChI is InChI=1S/C16H24FN3/c1-18-15(13-10-14(17)12-19-11-13)16(6-2-3-7-16)20-8-4-5-9-20/h10-12,15,18H,2-9H2,1H3. The van der Waals surface area contributed by atoms with E-state index in [9.17, 15) is 4.39 Å². The van der Waals surface area contributed by atoms with Crippen LogP contribution in [0, 0.1) is 5.82 Å². The summed E-state index contributed by atoms with van der Waals surface area (Å²) < 4.78 is 13.5. The Hall–Kier alpha value is -1.00. The highest BCUT2D eigenvalue weighted by molar-refractivity contribution is 5.22. The second kappa shape index (κ2) is 5.78. The van der Waals surface area contributed by atoms with Gasteiger partial charge in [0.05, 0.1) is 12.2 Å². The highest BCUT2D eigenvalue weighted by Crippen LogP contribution is 2.45. The van der Waals surface area contributed by atoms with E-state index in [1.807, 2.05) is 13.2 Å². The fraction of sp³-hybridized carbons (Fsp3) is 0.688. The molecule has 1 aromatic rings. The summed E-state index contributed by atoms with van der Waals surface area (Å²) in [6, 6.07) is 1.82. The Morgan fingerprint density at radius 2 is 1.90 bits per heavy atom. The summed E-state index contributed by atoms with van der Waals surface area (Å²) in [5.41, 5.74) is 1.14. The molecule has 2 heterocycles. The van der Waals surface area contributed by atoms with Crippen molar-refractivity contribution < 1.29 is 4.39 Å². The number of likely N-dealkylation sites (N-methyl/N-ethyl adjacent to an activating group) is 1. The first-order chi connectivity index (χ1) is 9.76. The van der Waals surface area contributed by atoms with Crippen LogP contribution in [0.2, 0.25) is 0 Å². The van der Waals surface area contributed by atoms with Crippen molar-refractivity contribution in [2.75, 3.05) is 20.1 Å². The van der Waals surface area contributed by atoms with E-state index >= 15 is 0 Å². The minimum absolute atomic E-state index is 0.153. The van der Waals surface area contributed by atoms with Crippen molar-refractivity contribution in [1.82, 2.24) is 15.2 Å². The van der Waals surface area contributed by atoms with Gasteiger partial charge in [0.1, 0.15) is 5.82 Å². The van der Waals surface area contributed by atoms with Gasteiger partial charge in [-0.25, -0.2) is 4.39 Å². The third-order valence-corrected chi connectivity index (χ3v) is 5.09. The first-order valence-corrected chi connectivity index (χ1v) is 7.79. The van der Waals surface area contributed by atoms with Crippen LogP contribution in [0.4, 0.5) is 4.39 Å². The van der Waals surface area contributed by atoms with Crippen LogP contribution in [0.25, 0.3) is 0 Å². The molecule has 3 nitrogen and oxygen atoms in total. The van der Waals surface area contributed by atoms with Crippen LogP contribution in [0.15, 0.2) is 18.5 Å². The molecule has 1 aromatic heterocycles. The topological polar surface area (TPSA) is 28.2 Å². The fourth-order valence-corrected chi connectivity index (χ4v) is 4.27. The second-order valence-corrected chi connectivity index (χ2v) is 6.16. The molecule has 1 atom stereocenters. The Bertz CT molecular complexity index is 451. The van der Waals surface area contributed by atoms with E-state index in [0.717, 1.165) is 5.56 Å². The van der Waals surface area contributed by atoms with E-state index in [1.54, 1.807) is 6.07 Å². The number of aromatic nitrogens is 1. The van der Waals surface area contributed by atoms with Crippen LogP contribution in [0.3, 0.4) is 0 Å². The van der Waals surface area contributed by atoms with E-state index < -0.39 is 0 Å². The third kappa shape index (κ3) is 2.35. The van der Waals surface area contributed by atoms with Crippen molar-refractivity contribution in [3.8, 4) is 0 Å². The predicted molar refractivity (Wildman–Crippen MR) is 78.0 cm³/mol. The molecule has 0 spiro atoms. The maximum absolute atomic E-state index is 13.5. The Balaban J connectivity index is 1.95. The number of likely N-dealkylation sites (tertiary alicyclic amines) is 1. The Morgan fingerprint density at radius 3 is 2.50 bits per heavy atom. The molecule has 4 heteroatoms. The molecule has 0 bridgehead atoms. The lowest BCUT2D eigenvalue weighted by molar-refractivity contribution is 0.0794. The molecule has 1 saturated heterocycles. The normalized spacial score (nSPS) is 24.1. The highest BCUT2D eigenvalue weighted by Gasteiger charge is 2.46. The molecular weight excluding hydrogens is 253 g/mol. The fourth-order valence-electron chi connectivity index (χ4n) is 4.27. The smallest absolute Gasteiger partial charge is 0.141 e. The van der Waals surface area contributed by atoms with Crippen LogP contribution in [-0.4, -0.2) is 35.6 Å². The van der Waals surface area contributed by atoms with Gasteiger partial charge in [-0.2, -0.15) is 0 Å². The van der Waals surface area contributed by atoms with Crippen LogP contribution in [-0.2, 0) is 0 Å². The van der Waals surface area contributed by atoms with Gasteiger partial charge in [0.15, 0.2) is 0 Å². The zero-order valence-corrected chi connectivity index (χ0v) is 12.2. The lowest BCUT2D eigenvalue weighted by Gasteiger charge is -2.45. The number of hydrogen-bond donors (Lipinski definition) is 1. The molecule has 1 saturated carbocycles. The minimum atomic E-state index is -0.239. The molecule has 1 aliphatic heterocycles. The van der Waals surface area contributed by atoms with Gasteiger partial charge in [-0.15, -0.1) is 0 Å². The van der Waals surface area contributed by atoms with E-state index in [4.69, 9.17) is 0 Å². The minimum Gasteiger partial charge on any atom is -0.311 e. The monoisotopic (exact) mass is 277 g/mol. The second-order valence-electron chi connectivity index (χ2n) is 6.16. The SMILES string of the molecule is CNC(c1cncc(F)c1)C1(N2CCCC2)CCCC1. The summed E-state index contributed by atoms with van der Waals surface area (Å²) in [6.45, 7) is 2.36. The number of nitrogens with one attached hydrogen (secondary N) is 1. The largest absolute Gasteiger partial charge is 0.311 e. The van der Waals surface area contributed by atoms with Gasteiger partial charge >= 0.3 is 0 Å². The van der Waals surface area contributed by atoms with Crippen molar-refractivity contribution in [3.05, 3.63) is 29.8 Å². The summed E-state index contributed by atoms with van der Waals surface area (Å²) in [5, 5.41) is 3.46. The molecule has 1 N–H and O–H groups in total. The molecule has 1 unspecified atom stereocenters. The first kappa shape index (κ1) is 14.0. The molecule has 0 amide bonds. The summed E-state index contributed by atoms with van der Waals surface area (Å²) in [7, 11) is 1.99. The summed E-state index contributed by atoms with van der Waals surface area (Å²) in [4.78, 5) is 6.69. The van der Waals surface area contributed by atoms with Crippen LogP contribution in [0.5, 0.6) is 0 Å². The highest BCUT2D eigenvalue weighted by atomic mass is 19.1. The maximum atomic E-state index is 13.5. The third-order valence-electron chi connectivity index (χ3n) is 5.09. The summed E-state index contributed by atoms with van der Waals surface area (Å²) in [6.07, 6.45) is 10.6. The van der Waals surface area contributed by atoms with Gasteiger partial charge < -0.3 is 5.32 Å². The van der Waals surface area contributed by atoms with Crippen LogP contribution < -0.4 is 5.32 Å². The van der Waals surface area contributed by atoms with E-state index in [1.165, 1.54) is 57.8 Å². The lowest BCUT2D eigenvalue weighted by Crippen LogP contribution is -2.53. The zero-order valence-electron chi connectivity index (χ0n) is 12.2. The number of nitrogens with zero attached hydrogens (tertiary/aromatic N) is 2. The Labute approximate surface area is 120 Å². The Kier molecular flexibility index (Phi) is 4.03. The summed E-state index contributed by atoms with van der Waals surface area (Å²) >= 11 is 0. The average Bonchev–Trinajstić information content (AvgIpc) is 3.11. The zero-order chi connectivity index (χ0) is 14.0. The molecule has 20 heavy (non-hydrogen) atoms. The van der Waals surface area contributed by atoms with E-state index in [-0.39, 0.29) is 17.4 Å². The van der Waals surface area contributed by atoms with E-state index in [2.05, 4.69) is 15.2 Å². The Morgan fingerprint density at radius 1 is 1.20 bits per heavy atom. The molecule has 3 rings (SSSR count). The van der Waals surface area contributed by atoms with Crippen LogP contribution >= 0.6 is 0 Å². The number of halogens is 1. The van der Waals surface area contributed by atoms with Crippen LogP contribution in [0.1, 0.15) is 50.1 Å². The van der Waals surface area contributed by atoms with Gasteiger partial charge in [0.25, 0.3) is 0 Å². The first-order valence-electron chi connectivity index (χ1n) is 7.79. The number of pyridine rings is 1. The number of rotatable bonds is 4. The molecule has 2 fully saturated rings. The van der Waals surface area contributed by atoms with Crippen molar-refractivity contribution in [2.24, 2.45) is 0 Å². The lowest BCUT2D eigenvalue weighted by atomic mass is 9.82. The summed E-state index contributed by atoms with van der Waals surface area (Å²) in [5.74, 6) is -0.239. The van der Waals surface area contributed by atoms with Gasteiger partial charge in [-0.1, -0.05) is 12.8 Å². The molecule has 2 aliphatic rings. The molecule has 0 aromatic carbocycles. The quantitative estimate of drug-likeness (QED) is 0.917. The van der Waals surface area contributed by atoms with Crippen molar-refractivity contribution in [1.29, 1.82) is 0 Å².